The van der Waals surface area contributed by atoms with Crippen LogP contribution in [-0.4, -0.2) is 11.8 Å². The van der Waals surface area contributed by atoms with Crippen LogP contribution >= 0.6 is 11.8 Å². The van der Waals surface area contributed by atoms with Gasteiger partial charge in [-0.1, -0.05) is 25.8 Å². The van der Waals surface area contributed by atoms with Crippen molar-refractivity contribution in [3.8, 4) is 0 Å². The average Bonchev–Trinajstić information content (AvgIpc) is 2.92. The Balaban J connectivity index is 2.14. The van der Waals surface area contributed by atoms with Crippen molar-refractivity contribution in [2.75, 3.05) is 6.54 Å². The second-order valence-electron chi connectivity index (χ2n) is 5.53. The second kappa shape index (κ2) is 7.54. The molecule has 1 aromatic carbocycles. The Kier molecular flexibility index (Phi) is 5.99. The summed E-state index contributed by atoms with van der Waals surface area (Å²) in [4.78, 5) is 0.383. The van der Waals surface area contributed by atoms with Crippen LogP contribution in [0.2, 0.25) is 0 Å². The molecule has 21 heavy (non-hydrogen) atoms. The lowest BCUT2D eigenvalue weighted by molar-refractivity contribution is -0.139. The Labute approximate surface area is 128 Å². The van der Waals surface area contributed by atoms with Crippen LogP contribution < -0.4 is 5.32 Å². The number of hydrogen-bond acceptors (Lipinski definition) is 2. The van der Waals surface area contributed by atoms with E-state index >= 15 is 0 Å². The van der Waals surface area contributed by atoms with Crippen LogP contribution in [0.25, 0.3) is 0 Å². The second-order valence-corrected chi connectivity index (χ2v) is 6.87. The first-order valence-electron chi connectivity index (χ1n) is 7.58. The van der Waals surface area contributed by atoms with Crippen LogP contribution in [0.15, 0.2) is 23.1 Å². The summed E-state index contributed by atoms with van der Waals surface area (Å²) in [5.74, 6) is 0. The summed E-state index contributed by atoms with van der Waals surface area (Å²) in [6.07, 6.45) is 1.03. The Morgan fingerprint density at radius 2 is 1.95 bits per heavy atom. The highest BCUT2D eigenvalue weighted by atomic mass is 32.2. The van der Waals surface area contributed by atoms with Crippen LogP contribution in [0, 0.1) is 0 Å². The monoisotopic (exact) mass is 317 g/mol. The first-order chi connectivity index (χ1) is 10.0. The van der Waals surface area contributed by atoms with Gasteiger partial charge in [0.05, 0.1) is 5.56 Å². The summed E-state index contributed by atoms with van der Waals surface area (Å²) in [6.45, 7) is 3.35. The van der Waals surface area contributed by atoms with Crippen LogP contribution in [0.5, 0.6) is 0 Å². The van der Waals surface area contributed by atoms with Gasteiger partial charge in [0.15, 0.2) is 0 Å². The number of alkyl halides is 3. The van der Waals surface area contributed by atoms with Crippen molar-refractivity contribution >= 4 is 11.8 Å². The zero-order chi connectivity index (χ0) is 15.3. The highest BCUT2D eigenvalue weighted by Gasteiger charge is 2.34. The van der Waals surface area contributed by atoms with E-state index in [1.807, 2.05) is 13.0 Å². The molecule has 2 rings (SSSR count). The molecule has 1 aliphatic rings. The molecular weight excluding hydrogens is 295 g/mol. The summed E-state index contributed by atoms with van der Waals surface area (Å²) in [6, 6.07) is 4.77. The number of benzene rings is 1. The van der Waals surface area contributed by atoms with E-state index in [1.165, 1.54) is 17.8 Å². The van der Waals surface area contributed by atoms with Gasteiger partial charge in [0.25, 0.3) is 0 Å². The summed E-state index contributed by atoms with van der Waals surface area (Å²) >= 11 is 1.40. The van der Waals surface area contributed by atoms with Gasteiger partial charge in [-0.3, -0.25) is 0 Å². The fourth-order valence-electron chi connectivity index (χ4n) is 2.61. The van der Waals surface area contributed by atoms with Crippen LogP contribution in [0.3, 0.4) is 0 Å². The van der Waals surface area contributed by atoms with Gasteiger partial charge in [0.1, 0.15) is 0 Å². The van der Waals surface area contributed by atoms with Crippen molar-refractivity contribution in [1.82, 2.24) is 5.32 Å². The fraction of sp³-hybridized carbons (Fsp3) is 0.625. The molecule has 0 unspecified atom stereocenters. The minimum atomic E-state index is -4.28. The Bertz CT molecular complexity index is 453. The zero-order valence-electron chi connectivity index (χ0n) is 12.3. The number of hydrogen-bond donors (Lipinski definition) is 1. The van der Waals surface area contributed by atoms with Crippen molar-refractivity contribution in [3.05, 3.63) is 29.3 Å². The fourth-order valence-corrected chi connectivity index (χ4v) is 3.98. The summed E-state index contributed by atoms with van der Waals surface area (Å²) in [5, 5.41) is 3.49. The quantitative estimate of drug-likeness (QED) is 0.720. The Hall–Kier alpha value is -0.680. The largest absolute Gasteiger partial charge is 0.417 e. The molecule has 0 bridgehead atoms. The maximum Gasteiger partial charge on any atom is 0.417 e. The van der Waals surface area contributed by atoms with Gasteiger partial charge in [-0.05, 0) is 43.5 Å². The van der Waals surface area contributed by atoms with E-state index in [2.05, 4.69) is 5.32 Å². The van der Waals surface area contributed by atoms with Crippen molar-refractivity contribution in [3.63, 3.8) is 0 Å². The number of rotatable bonds is 6. The van der Waals surface area contributed by atoms with Gasteiger partial charge in [0, 0.05) is 16.7 Å². The van der Waals surface area contributed by atoms with Gasteiger partial charge in [0.2, 0.25) is 0 Å². The molecule has 0 radical (unpaired) electrons. The normalized spacial score (nSPS) is 16.6. The summed E-state index contributed by atoms with van der Waals surface area (Å²) in [5.41, 5.74) is 0.224. The highest BCUT2D eigenvalue weighted by molar-refractivity contribution is 8.00. The van der Waals surface area contributed by atoms with E-state index in [9.17, 15) is 13.2 Å². The number of nitrogens with one attached hydrogen (secondary N) is 1. The number of thioether (sulfide) groups is 1. The standard InChI is InChI=1S/C16H22F3NS/c1-2-9-20-11-12-7-8-15(14(10-12)16(17,18)19)21-13-5-3-4-6-13/h7-8,10,13,20H,2-6,9,11H2,1H3. The number of halogens is 3. The maximum absolute atomic E-state index is 13.3. The molecule has 1 N–H and O–H groups in total. The molecule has 1 aliphatic carbocycles. The van der Waals surface area contributed by atoms with E-state index < -0.39 is 11.7 Å². The predicted octanol–water partition coefficient (Wildman–Crippen LogP) is 5.24. The molecule has 0 saturated heterocycles. The maximum atomic E-state index is 13.3. The molecule has 0 amide bonds. The third-order valence-electron chi connectivity index (χ3n) is 3.70. The Morgan fingerprint density at radius 1 is 1.24 bits per heavy atom. The minimum absolute atomic E-state index is 0.343. The van der Waals surface area contributed by atoms with E-state index in [4.69, 9.17) is 0 Å². The lowest BCUT2D eigenvalue weighted by atomic mass is 10.1. The van der Waals surface area contributed by atoms with Crippen LogP contribution in [0.4, 0.5) is 13.2 Å². The SMILES string of the molecule is CCCNCc1ccc(SC2CCCC2)c(C(F)(F)F)c1. The van der Waals surface area contributed by atoms with Crippen molar-refractivity contribution in [2.45, 2.75) is 61.9 Å². The van der Waals surface area contributed by atoms with Gasteiger partial charge in [-0.15, -0.1) is 11.8 Å². The van der Waals surface area contributed by atoms with Crippen LogP contribution in [-0.2, 0) is 12.7 Å². The minimum Gasteiger partial charge on any atom is -0.313 e. The lowest BCUT2D eigenvalue weighted by Gasteiger charge is -2.17. The molecule has 5 heteroatoms. The first-order valence-corrected chi connectivity index (χ1v) is 8.46. The molecule has 1 saturated carbocycles. The molecule has 1 fully saturated rings. The molecule has 0 aromatic heterocycles. The summed E-state index contributed by atoms with van der Waals surface area (Å²) < 4.78 is 39.8. The molecule has 1 nitrogen and oxygen atoms in total. The Morgan fingerprint density at radius 3 is 2.57 bits per heavy atom. The van der Waals surface area contributed by atoms with Crippen molar-refractivity contribution in [1.29, 1.82) is 0 Å². The molecule has 0 heterocycles. The highest BCUT2D eigenvalue weighted by Crippen LogP contribution is 2.42. The van der Waals surface area contributed by atoms with E-state index in [0.29, 0.717) is 22.3 Å². The van der Waals surface area contributed by atoms with Gasteiger partial charge in [-0.25, -0.2) is 0 Å². The molecule has 0 spiro atoms. The van der Waals surface area contributed by atoms with E-state index in [0.717, 1.165) is 38.6 Å². The topological polar surface area (TPSA) is 12.0 Å². The van der Waals surface area contributed by atoms with E-state index in [1.54, 1.807) is 6.07 Å². The van der Waals surface area contributed by atoms with E-state index in [-0.39, 0.29) is 0 Å². The third kappa shape index (κ3) is 4.92. The smallest absolute Gasteiger partial charge is 0.313 e. The summed E-state index contributed by atoms with van der Waals surface area (Å²) in [7, 11) is 0. The molecular formula is C16H22F3NS. The first kappa shape index (κ1) is 16.7. The third-order valence-corrected chi connectivity index (χ3v) is 5.12. The van der Waals surface area contributed by atoms with Crippen molar-refractivity contribution in [2.24, 2.45) is 0 Å². The van der Waals surface area contributed by atoms with Gasteiger partial charge < -0.3 is 5.32 Å². The molecule has 1 aromatic rings. The predicted molar refractivity (Wildman–Crippen MR) is 81.6 cm³/mol. The average molecular weight is 317 g/mol. The van der Waals surface area contributed by atoms with Crippen molar-refractivity contribution < 1.29 is 13.2 Å². The molecule has 0 aliphatic heterocycles. The van der Waals surface area contributed by atoms with Gasteiger partial charge >= 0.3 is 6.18 Å². The van der Waals surface area contributed by atoms with Crippen LogP contribution in [0.1, 0.15) is 50.2 Å². The molecule has 118 valence electrons. The van der Waals surface area contributed by atoms with Gasteiger partial charge in [-0.2, -0.15) is 13.2 Å². The lowest BCUT2D eigenvalue weighted by Crippen LogP contribution is -2.15. The molecule has 0 atom stereocenters. The zero-order valence-corrected chi connectivity index (χ0v) is 13.1.